The molecule has 0 aliphatic carbocycles. The molecule has 23 heavy (non-hydrogen) atoms. The molecule has 110 valence electrons. The van der Waals surface area contributed by atoms with Gasteiger partial charge in [0.1, 0.15) is 5.01 Å². The number of carbonyl (C=O) groups excluding carboxylic acids is 1. The highest BCUT2D eigenvalue weighted by molar-refractivity contribution is 7.10. The molecular formula is C17H9N3OS2. The highest BCUT2D eigenvalue weighted by Crippen LogP contribution is 2.29. The Hall–Kier alpha value is -2.80. The summed E-state index contributed by atoms with van der Waals surface area (Å²) in [7, 11) is 0. The lowest BCUT2D eigenvalue weighted by atomic mass is 10.0. The van der Waals surface area contributed by atoms with Gasteiger partial charge in [-0.15, -0.1) is 11.3 Å². The third-order valence-electron chi connectivity index (χ3n) is 3.28. The minimum Gasteiger partial charge on any atom is -0.292 e. The van der Waals surface area contributed by atoms with E-state index in [1.54, 1.807) is 35.7 Å². The smallest absolute Gasteiger partial charge is 0.187 e. The standard InChI is InChI=1S/C17H9N3OS2/c18-7-11-1-3-12(4-2-11)15-10-23-17(20-15)14(8-19)16(21)13-5-6-22-9-13/h1-6,9-10,14H. The zero-order valence-electron chi connectivity index (χ0n) is 11.8. The van der Waals surface area contributed by atoms with E-state index < -0.39 is 5.92 Å². The van der Waals surface area contributed by atoms with Crippen molar-refractivity contribution in [2.75, 3.05) is 0 Å². The average Bonchev–Trinajstić information content (AvgIpc) is 3.27. The summed E-state index contributed by atoms with van der Waals surface area (Å²) in [6, 6.07) is 12.9. The molecule has 0 aliphatic heterocycles. The van der Waals surface area contributed by atoms with E-state index in [2.05, 4.69) is 11.1 Å². The lowest BCUT2D eigenvalue weighted by Crippen LogP contribution is -2.10. The van der Waals surface area contributed by atoms with Crippen LogP contribution in [0.15, 0.2) is 46.5 Å². The van der Waals surface area contributed by atoms with Crippen molar-refractivity contribution in [3.63, 3.8) is 0 Å². The maximum absolute atomic E-state index is 12.4. The molecule has 6 heteroatoms. The number of benzene rings is 1. The van der Waals surface area contributed by atoms with E-state index in [-0.39, 0.29) is 5.78 Å². The number of nitrogens with zero attached hydrogens (tertiary/aromatic N) is 3. The van der Waals surface area contributed by atoms with Crippen LogP contribution in [-0.4, -0.2) is 10.8 Å². The number of rotatable bonds is 4. The Labute approximate surface area is 140 Å². The van der Waals surface area contributed by atoms with E-state index in [0.717, 1.165) is 5.56 Å². The Bertz CT molecular complexity index is 912. The van der Waals surface area contributed by atoms with Crippen molar-refractivity contribution in [2.24, 2.45) is 0 Å². The van der Waals surface area contributed by atoms with Gasteiger partial charge in [-0.3, -0.25) is 4.79 Å². The quantitative estimate of drug-likeness (QED) is 0.668. The summed E-state index contributed by atoms with van der Waals surface area (Å²) >= 11 is 2.72. The Kier molecular flexibility index (Phi) is 4.29. The maximum atomic E-state index is 12.4. The van der Waals surface area contributed by atoms with Crippen molar-refractivity contribution in [2.45, 2.75) is 5.92 Å². The fourth-order valence-electron chi connectivity index (χ4n) is 2.07. The molecule has 1 unspecified atom stereocenters. The molecule has 3 aromatic rings. The van der Waals surface area contributed by atoms with Gasteiger partial charge in [0.15, 0.2) is 11.7 Å². The molecule has 1 aromatic carbocycles. The Balaban J connectivity index is 1.89. The van der Waals surface area contributed by atoms with Crippen LogP contribution in [0.2, 0.25) is 0 Å². The maximum Gasteiger partial charge on any atom is 0.187 e. The van der Waals surface area contributed by atoms with E-state index in [1.165, 1.54) is 22.7 Å². The highest BCUT2D eigenvalue weighted by Gasteiger charge is 2.25. The van der Waals surface area contributed by atoms with Gasteiger partial charge in [0, 0.05) is 21.9 Å². The molecule has 1 atom stereocenters. The van der Waals surface area contributed by atoms with Gasteiger partial charge in [-0.25, -0.2) is 4.98 Å². The molecule has 2 aromatic heterocycles. The first-order valence-corrected chi connectivity index (χ1v) is 8.47. The van der Waals surface area contributed by atoms with Crippen LogP contribution in [0.3, 0.4) is 0 Å². The molecule has 0 amide bonds. The largest absolute Gasteiger partial charge is 0.292 e. The lowest BCUT2D eigenvalue weighted by molar-refractivity contribution is 0.0979. The first-order valence-electron chi connectivity index (χ1n) is 6.65. The number of hydrogen-bond donors (Lipinski definition) is 0. The number of aromatic nitrogens is 1. The molecule has 0 N–H and O–H groups in total. The Morgan fingerprint density at radius 2 is 1.91 bits per heavy atom. The third-order valence-corrected chi connectivity index (χ3v) is 4.87. The zero-order chi connectivity index (χ0) is 16.2. The van der Waals surface area contributed by atoms with Gasteiger partial charge in [-0.05, 0) is 23.6 Å². The summed E-state index contributed by atoms with van der Waals surface area (Å²) in [6.07, 6.45) is 0. The third kappa shape index (κ3) is 3.04. The molecule has 0 saturated carbocycles. The number of hydrogen-bond acceptors (Lipinski definition) is 6. The van der Waals surface area contributed by atoms with Crippen LogP contribution >= 0.6 is 22.7 Å². The van der Waals surface area contributed by atoms with Gasteiger partial charge in [0.2, 0.25) is 0 Å². The molecule has 0 saturated heterocycles. The van der Waals surface area contributed by atoms with Crippen LogP contribution in [0.4, 0.5) is 0 Å². The summed E-state index contributed by atoms with van der Waals surface area (Å²) in [6.45, 7) is 0. The van der Waals surface area contributed by atoms with Crippen LogP contribution in [0.5, 0.6) is 0 Å². The number of nitriles is 2. The summed E-state index contributed by atoms with van der Waals surface area (Å²) in [5, 5.41) is 24.0. The zero-order valence-corrected chi connectivity index (χ0v) is 13.4. The average molecular weight is 335 g/mol. The predicted octanol–water partition coefficient (Wildman–Crippen LogP) is 4.23. The number of thiophene rings is 1. The molecule has 0 fully saturated rings. The van der Waals surface area contributed by atoms with Crippen LogP contribution < -0.4 is 0 Å². The summed E-state index contributed by atoms with van der Waals surface area (Å²) < 4.78 is 0. The fourth-order valence-corrected chi connectivity index (χ4v) is 3.58. The Morgan fingerprint density at radius 3 is 2.52 bits per heavy atom. The first-order chi connectivity index (χ1) is 11.2. The second-order valence-electron chi connectivity index (χ2n) is 4.70. The molecule has 0 spiro atoms. The monoisotopic (exact) mass is 335 g/mol. The molecular weight excluding hydrogens is 326 g/mol. The number of ketones is 1. The van der Waals surface area contributed by atoms with E-state index in [1.807, 2.05) is 16.8 Å². The van der Waals surface area contributed by atoms with Crippen LogP contribution in [0, 0.1) is 22.7 Å². The van der Waals surface area contributed by atoms with Gasteiger partial charge in [-0.2, -0.15) is 21.9 Å². The molecule has 2 heterocycles. The molecule has 4 nitrogen and oxygen atoms in total. The minimum absolute atomic E-state index is 0.227. The number of Topliss-reactive ketones (excluding diaryl/α,β-unsaturated/α-hetero) is 1. The minimum atomic E-state index is -0.887. The van der Waals surface area contributed by atoms with E-state index in [9.17, 15) is 10.1 Å². The van der Waals surface area contributed by atoms with Crippen molar-refractivity contribution in [3.8, 4) is 23.4 Å². The molecule has 0 bridgehead atoms. The van der Waals surface area contributed by atoms with E-state index in [4.69, 9.17) is 5.26 Å². The van der Waals surface area contributed by atoms with Crippen LogP contribution in [-0.2, 0) is 0 Å². The van der Waals surface area contributed by atoms with Gasteiger partial charge in [0.25, 0.3) is 0 Å². The molecule has 0 aliphatic rings. The van der Waals surface area contributed by atoms with Gasteiger partial charge >= 0.3 is 0 Å². The second kappa shape index (κ2) is 6.53. The van der Waals surface area contributed by atoms with Gasteiger partial charge < -0.3 is 0 Å². The molecule has 0 radical (unpaired) electrons. The van der Waals surface area contributed by atoms with E-state index in [0.29, 0.717) is 21.8 Å². The van der Waals surface area contributed by atoms with Crippen LogP contribution in [0.1, 0.15) is 26.8 Å². The fraction of sp³-hybridized carbons (Fsp3) is 0.0588. The molecule has 3 rings (SSSR count). The number of thiazole rings is 1. The van der Waals surface area contributed by atoms with Gasteiger partial charge in [-0.1, -0.05) is 12.1 Å². The van der Waals surface area contributed by atoms with Crippen LogP contribution in [0.25, 0.3) is 11.3 Å². The lowest BCUT2D eigenvalue weighted by Gasteiger charge is -2.03. The number of carbonyl (C=O) groups is 1. The summed E-state index contributed by atoms with van der Waals surface area (Å²) in [5.41, 5.74) is 2.67. The van der Waals surface area contributed by atoms with Crippen molar-refractivity contribution in [1.29, 1.82) is 10.5 Å². The van der Waals surface area contributed by atoms with Crippen molar-refractivity contribution < 1.29 is 4.79 Å². The van der Waals surface area contributed by atoms with Crippen molar-refractivity contribution >= 4 is 28.5 Å². The first kappa shape index (κ1) is 15.1. The van der Waals surface area contributed by atoms with Crippen molar-refractivity contribution in [3.05, 3.63) is 62.6 Å². The summed E-state index contributed by atoms with van der Waals surface area (Å²) in [5.74, 6) is -1.11. The SMILES string of the molecule is N#Cc1ccc(-c2csc(C(C#N)C(=O)c3ccsc3)n2)cc1. The second-order valence-corrected chi connectivity index (χ2v) is 6.37. The van der Waals surface area contributed by atoms with Gasteiger partial charge in [0.05, 0.1) is 23.4 Å². The highest BCUT2D eigenvalue weighted by atomic mass is 32.1. The Morgan fingerprint density at radius 1 is 1.13 bits per heavy atom. The topological polar surface area (TPSA) is 77.5 Å². The van der Waals surface area contributed by atoms with Crippen molar-refractivity contribution in [1.82, 2.24) is 4.98 Å². The van der Waals surface area contributed by atoms with E-state index >= 15 is 0 Å². The normalized spacial score (nSPS) is 11.4. The predicted molar refractivity (Wildman–Crippen MR) is 89.3 cm³/mol. The summed E-state index contributed by atoms with van der Waals surface area (Å²) in [4.78, 5) is 16.8.